The molecule has 0 saturated carbocycles. The van der Waals surface area contributed by atoms with E-state index in [1.54, 1.807) is 24.3 Å². The molecule has 1 fully saturated rings. The highest BCUT2D eigenvalue weighted by atomic mass is 32.1. The Balaban J connectivity index is 1.50. The second-order valence-corrected chi connectivity index (χ2v) is 8.35. The van der Waals surface area contributed by atoms with Crippen LogP contribution < -0.4 is 0 Å². The van der Waals surface area contributed by atoms with E-state index in [4.69, 9.17) is 4.74 Å². The number of hydrogen-bond donors (Lipinski definition) is 0. The molecule has 0 bridgehead atoms. The molecule has 2 heterocycles. The van der Waals surface area contributed by atoms with Crippen molar-refractivity contribution in [1.82, 2.24) is 4.90 Å². The first-order valence-corrected chi connectivity index (χ1v) is 10.7. The molecule has 0 N–H and O–H groups in total. The SMILES string of the molecule is COC(=O)c1ccc(CCCN2C(=O)CCC2/C=C/C(=O)Cc2ccc(F)cc2)s1. The average Bonchev–Trinajstić information content (AvgIpc) is 3.35. The monoisotopic (exact) mass is 429 g/mol. The number of hydrogen-bond acceptors (Lipinski definition) is 5. The summed E-state index contributed by atoms with van der Waals surface area (Å²) in [6, 6.07) is 9.46. The zero-order valence-corrected chi connectivity index (χ0v) is 17.6. The fraction of sp³-hybridized carbons (Fsp3) is 0.348. The van der Waals surface area contributed by atoms with Gasteiger partial charge in [-0.2, -0.15) is 0 Å². The van der Waals surface area contributed by atoms with E-state index in [-0.39, 0.29) is 35.9 Å². The van der Waals surface area contributed by atoms with E-state index in [9.17, 15) is 18.8 Å². The van der Waals surface area contributed by atoms with Gasteiger partial charge in [0.05, 0.1) is 13.2 Å². The molecule has 1 aromatic carbocycles. The van der Waals surface area contributed by atoms with Gasteiger partial charge in [0.15, 0.2) is 5.78 Å². The number of benzene rings is 1. The summed E-state index contributed by atoms with van der Waals surface area (Å²) in [5, 5.41) is 0. The minimum atomic E-state index is -0.337. The van der Waals surface area contributed by atoms with E-state index in [0.717, 1.165) is 23.3 Å². The number of carbonyl (C=O) groups is 3. The van der Waals surface area contributed by atoms with Crippen molar-refractivity contribution in [2.75, 3.05) is 13.7 Å². The molecular formula is C23H24FNO4S. The van der Waals surface area contributed by atoms with E-state index in [1.165, 1.54) is 36.7 Å². The molecule has 1 aliphatic heterocycles. The summed E-state index contributed by atoms with van der Waals surface area (Å²) in [7, 11) is 1.36. The average molecular weight is 430 g/mol. The minimum absolute atomic E-state index is 0.0742. The van der Waals surface area contributed by atoms with Gasteiger partial charge in [0.2, 0.25) is 5.91 Å². The Morgan fingerprint density at radius 2 is 2.00 bits per heavy atom. The van der Waals surface area contributed by atoms with Crippen LogP contribution in [0.4, 0.5) is 4.39 Å². The highest BCUT2D eigenvalue weighted by Crippen LogP contribution is 2.23. The third kappa shape index (κ3) is 5.86. The Hall–Kier alpha value is -2.80. The van der Waals surface area contributed by atoms with Crippen LogP contribution in [0.25, 0.3) is 0 Å². The van der Waals surface area contributed by atoms with Crippen LogP contribution in [0, 0.1) is 5.82 Å². The molecule has 1 aromatic heterocycles. The number of nitrogens with zero attached hydrogens (tertiary/aromatic N) is 1. The van der Waals surface area contributed by atoms with Crippen molar-refractivity contribution in [1.29, 1.82) is 0 Å². The van der Waals surface area contributed by atoms with Gasteiger partial charge in [-0.1, -0.05) is 18.2 Å². The van der Waals surface area contributed by atoms with Crippen molar-refractivity contribution in [3.8, 4) is 0 Å². The Morgan fingerprint density at radius 3 is 2.73 bits per heavy atom. The fourth-order valence-electron chi connectivity index (χ4n) is 3.47. The van der Waals surface area contributed by atoms with Crippen LogP contribution in [-0.2, 0) is 27.2 Å². The van der Waals surface area contributed by atoms with Crippen molar-refractivity contribution in [3.63, 3.8) is 0 Å². The largest absolute Gasteiger partial charge is 0.465 e. The van der Waals surface area contributed by atoms with Gasteiger partial charge in [0, 0.05) is 24.3 Å². The molecule has 1 unspecified atom stereocenters. The zero-order valence-electron chi connectivity index (χ0n) is 16.8. The first kappa shape index (κ1) is 21.9. The van der Waals surface area contributed by atoms with Gasteiger partial charge in [-0.25, -0.2) is 9.18 Å². The Kier molecular flexibility index (Phi) is 7.52. The van der Waals surface area contributed by atoms with Crippen molar-refractivity contribution in [3.05, 3.63) is 69.7 Å². The van der Waals surface area contributed by atoms with E-state index in [1.807, 2.05) is 11.0 Å². The quantitative estimate of drug-likeness (QED) is 0.447. The standard InChI is InChI=1S/C23H24FNO4S/c1-29-23(28)21-12-11-20(30-21)3-2-14-25-18(9-13-22(25)27)8-10-19(26)15-16-4-6-17(24)7-5-16/h4-8,10-12,18H,2-3,9,13-15H2,1H3/b10-8+. The van der Waals surface area contributed by atoms with E-state index in [0.29, 0.717) is 24.3 Å². The third-order valence-corrected chi connectivity index (χ3v) is 6.17. The topological polar surface area (TPSA) is 63.7 Å². The lowest BCUT2D eigenvalue weighted by atomic mass is 10.1. The summed E-state index contributed by atoms with van der Waals surface area (Å²) >= 11 is 1.41. The van der Waals surface area contributed by atoms with Crippen molar-refractivity contribution >= 4 is 29.0 Å². The van der Waals surface area contributed by atoms with Gasteiger partial charge in [0.25, 0.3) is 0 Å². The Morgan fingerprint density at radius 1 is 1.23 bits per heavy atom. The molecule has 30 heavy (non-hydrogen) atoms. The number of likely N-dealkylation sites (tertiary alicyclic amines) is 1. The normalized spacial score (nSPS) is 16.4. The van der Waals surface area contributed by atoms with Crippen molar-refractivity contribution < 1.29 is 23.5 Å². The maximum atomic E-state index is 13.0. The molecule has 0 aliphatic carbocycles. The fourth-order valence-corrected chi connectivity index (χ4v) is 4.44. The summed E-state index contributed by atoms with van der Waals surface area (Å²) in [5.41, 5.74) is 0.757. The number of amides is 1. The highest BCUT2D eigenvalue weighted by molar-refractivity contribution is 7.13. The van der Waals surface area contributed by atoms with Crippen molar-refractivity contribution in [2.24, 2.45) is 0 Å². The first-order valence-electron chi connectivity index (χ1n) is 9.88. The van der Waals surface area contributed by atoms with Gasteiger partial charge in [0.1, 0.15) is 10.7 Å². The van der Waals surface area contributed by atoms with Crippen LogP contribution in [0.5, 0.6) is 0 Å². The molecule has 2 aromatic rings. The number of rotatable bonds is 9. The predicted octanol–water partition coefficient (Wildman–Crippen LogP) is 3.97. The molecule has 158 valence electrons. The lowest BCUT2D eigenvalue weighted by Gasteiger charge is -2.22. The second kappa shape index (κ2) is 10.3. The first-order chi connectivity index (χ1) is 14.5. The van der Waals surface area contributed by atoms with Gasteiger partial charge in [-0.3, -0.25) is 9.59 Å². The molecule has 3 rings (SSSR count). The van der Waals surface area contributed by atoms with E-state index < -0.39 is 0 Å². The third-order valence-electron chi connectivity index (χ3n) is 5.04. The van der Waals surface area contributed by atoms with Crippen LogP contribution in [0.15, 0.2) is 48.6 Å². The number of methoxy groups -OCH3 is 1. The highest BCUT2D eigenvalue weighted by Gasteiger charge is 2.28. The molecule has 1 atom stereocenters. The Bertz CT molecular complexity index is 935. The molecule has 1 aliphatic rings. The smallest absolute Gasteiger partial charge is 0.348 e. The van der Waals surface area contributed by atoms with Crippen LogP contribution in [0.1, 0.15) is 39.4 Å². The van der Waals surface area contributed by atoms with E-state index in [2.05, 4.69) is 0 Å². The number of aryl methyl sites for hydroxylation is 1. The summed E-state index contributed by atoms with van der Waals surface area (Å²) in [4.78, 5) is 39.4. The second-order valence-electron chi connectivity index (χ2n) is 7.18. The number of halogens is 1. The molecule has 1 amide bonds. The molecule has 7 heteroatoms. The summed E-state index contributed by atoms with van der Waals surface area (Å²) < 4.78 is 17.7. The minimum Gasteiger partial charge on any atom is -0.465 e. The molecule has 1 saturated heterocycles. The van der Waals surface area contributed by atoms with Crippen LogP contribution in [-0.4, -0.2) is 42.3 Å². The zero-order chi connectivity index (χ0) is 21.5. The summed E-state index contributed by atoms with van der Waals surface area (Å²) in [6.07, 6.45) is 6.26. The number of esters is 1. The summed E-state index contributed by atoms with van der Waals surface area (Å²) in [6.45, 7) is 0.603. The number of thiophene rings is 1. The van der Waals surface area contributed by atoms with Crippen LogP contribution in [0.2, 0.25) is 0 Å². The number of ketones is 1. The lowest BCUT2D eigenvalue weighted by molar-refractivity contribution is -0.128. The van der Waals surface area contributed by atoms with Gasteiger partial charge < -0.3 is 9.64 Å². The maximum absolute atomic E-state index is 13.0. The molecule has 5 nitrogen and oxygen atoms in total. The number of allylic oxidation sites excluding steroid dienone is 1. The molecule has 0 spiro atoms. The number of carbonyl (C=O) groups excluding carboxylic acids is 3. The lowest BCUT2D eigenvalue weighted by Crippen LogP contribution is -2.33. The molecule has 0 radical (unpaired) electrons. The Labute approximate surface area is 179 Å². The van der Waals surface area contributed by atoms with Gasteiger partial charge >= 0.3 is 5.97 Å². The van der Waals surface area contributed by atoms with Crippen LogP contribution in [0.3, 0.4) is 0 Å². The van der Waals surface area contributed by atoms with E-state index >= 15 is 0 Å². The summed E-state index contributed by atoms with van der Waals surface area (Å²) in [5.74, 6) is -0.644. The predicted molar refractivity (Wildman–Crippen MR) is 113 cm³/mol. The number of ether oxygens (including phenoxy) is 1. The van der Waals surface area contributed by atoms with Gasteiger partial charge in [-0.15, -0.1) is 11.3 Å². The van der Waals surface area contributed by atoms with Crippen molar-refractivity contribution in [2.45, 2.75) is 38.1 Å². The van der Waals surface area contributed by atoms with Crippen LogP contribution >= 0.6 is 11.3 Å². The van der Waals surface area contributed by atoms with Gasteiger partial charge in [-0.05, 0) is 55.2 Å². The molecular weight excluding hydrogens is 405 g/mol. The maximum Gasteiger partial charge on any atom is 0.348 e.